The fourth-order valence-corrected chi connectivity index (χ4v) is 2.28. The lowest BCUT2D eigenvalue weighted by Crippen LogP contribution is -2.12. The van der Waals surface area contributed by atoms with Gasteiger partial charge in [0.05, 0.1) is 16.7 Å². The summed E-state index contributed by atoms with van der Waals surface area (Å²) < 4.78 is 5.15. The predicted molar refractivity (Wildman–Crippen MR) is 79.7 cm³/mol. The molecule has 6 heteroatoms. The van der Waals surface area contributed by atoms with E-state index in [9.17, 15) is 14.9 Å². The van der Waals surface area contributed by atoms with E-state index in [2.05, 4.69) is 5.32 Å². The number of ether oxygens (including phenoxy) is 1. The molecule has 6 nitrogen and oxygen atoms in total. The van der Waals surface area contributed by atoms with E-state index >= 15 is 0 Å². The Morgan fingerprint density at radius 1 is 1.14 bits per heavy atom. The van der Waals surface area contributed by atoms with E-state index in [4.69, 9.17) is 4.74 Å². The van der Waals surface area contributed by atoms with Crippen LogP contribution in [0.1, 0.15) is 22.0 Å². The fraction of sp³-hybridized carbons (Fsp3) is 0.0625. The van der Waals surface area contributed by atoms with Crippen LogP contribution in [0.4, 0.5) is 5.69 Å². The summed E-state index contributed by atoms with van der Waals surface area (Å²) >= 11 is 0. The van der Waals surface area contributed by atoms with Crippen molar-refractivity contribution in [1.82, 2.24) is 0 Å². The first-order valence-electron chi connectivity index (χ1n) is 6.63. The minimum atomic E-state index is -1.00. The Kier molecular flexibility index (Phi) is 3.57. The Labute approximate surface area is 126 Å². The minimum Gasteiger partial charge on any atom is -0.442 e. The zero-order valence-corrected chi connectivity index (χ0v) is 11.4. The zero-order chi connectivity index (χ0) is 15.5. The van der Waals surface area contributed by atoms with Gasteiger partial charge in [0.1, 0.15) is 0 Å². The molecule has 0 saturated heterocycles. The third kappa shape index (κ3) is 2.54. The molecular weight excluding hydrogens is 284 g/mol. The van der Waals surface area contributed by atoms with Gasteiger partial charge in [0.15, 0.2) is 0 Å². The maximum absolute atomic E-state index is 11.8. The van der Waals surface area contributed by atoms with Crippen molar-refractivity contribution in [3.05, 3.63) is 87.7 Å². The Hall–Kier alpha value is -3.15. The molecule has 3 rings (SSSR count). The van der Waals surface area contributed by atoms with Crippen LogP contribution in [0.3, 0.4) is 0 Å². The lowest BCUT2D eigenvalue weighted by Gasteiger charge is -2.08. The molecular formula is C16H12N2O4. The first-order chi connectivity index (χ1) is 10.7. The molecule has 0 fully saturated rings. The molecule has 0 spiro atoms. The van der Waals surface area contributed by atoms with Crippen molar-refractivity contribution in [1.29, 1.82) is 0 Å². The van der Waals surface area contributed by atoms with E-state index in [-0.39, 0.29) is 5.70 Å². The number of para-hydroxylation sites is 1. The molecule has 0 amide bonds. The average Bonchev–Trinajstić information content (AvgIpc) is 2.86. The average molecular weight is 296 g/mol. The fourth-order valence-electron chi connectivity index (χ4n) is 2.28. The summed E-state index contributed by atoms with van der Waals surface area (Å²) in [5.74, 6) is -0.548. The van der Waals surface area contributed by atoms with Gasteiger partial charge in [-0.25, -0.2) is 4.79 Å². The second kappa shape index (κ2) is 5.69. The lowest BCUT2D eigenvalue weighted by molar-refractivity contribution is -0.436. The van der Waals surface area contributed by atoms with Crippen molar-refractivity contribution in [2.45, 2.75) is 6.10 Å². The Bertz CT molecular complexity index is 756. The molecule has 1 atom stereocenters. The number of hydrogen-bond acceptors (Lipinski definition) is 5. The minimum absolute atomic E-state index is 0.220. The number of esters is 1. The van der Waals surface area contributed by atoms with E-state index < -0.39 is 17.0 Å². The van der Waals surface area contributed by atoms with Crippen LogP contribution in [0.5, 0.6) is 0 Å². The quantitative estimate of drug-likeness (QED) is 0.532. The van der Waals surface area contributed by atoms with Crippen LogP contribution < -0.4 is 5.32 Å². The largest absolute Gasteiger partial charge is 0.442 e. The van der Waals surface area contributed by atoms with E-state index in [1.54, 1.807) is 36.4 Å². The molecule has 1 unspecified atom stereocenters. The van der Waals surface area contributed by atoms with Crippen molar-refractivity contribution in [2.24, 2.45) is 0 Å². The number of anilines is 1. The maximum atomic E-state index is 11.8. The molecule has 1 aliphatic heterocycles. The van der Waals surface area contributed by atoms with Crippen molar-refractivity contribution in [2.75, 3.05) is 5.32 Å². The molecule has 0 aliphatic carbocycles. The molecule has 2 aromatic carbocycles. The summed E-state index contributed by atoms with van der Waals surface area (Å²) in [6.45, 7) is 0. The number of fused-ring (bicyclic) bond motifs is 1. The number of hydrogen-bond donors (Lipinski definition) is 1. The molecule has 1 N–H and O–H groups in total. The molecule has 110 valence electrons. The third-order valence-corrected chi connectivity index (χ3v) is 3.33. The van der Waals surface area contributed by atoms with Gasteiger partial charge in [-0.05, 0) is 18.2 Å². The van der Waals surface area contributed by atoms with Gasteiger partial charge in [0, 0.05) is 11.3 Å². The summed E-state index contributed by atoms with van der Waals surface area (Å²) in [5, 5.41) is 14.2. The van der Waals surface area contributed by atoms with Gasteiger partial charge in [-0.3, -0.25) is 10.1 Å². The number of nitrogens with one attached hydrogen (secondary N) is 1. The highest BCUT2D eigenvalue weighted by Gasteiger charge is 2.39. The maximum Gasteiger partial charge on any atom is 0.339 e. The van der Waals surface area contributed by atoms with E-state index in [0.717, 1.165) is 0 Å². The van der Waals surface area contributed by atoms with Crippen LogP contribution in [0.25, 0.3) is 0 Å². The van der Waals surface area contributed by atoms with Gasteiger partial charge in [-0.15, -0.1) is 0 Å². The molecule has 0 aromatic heterocycles. The van der Waals surface area contributed by atoms with Crippen LogP contribution in [-0.4, -0.2) is 10.9 Å². The van der Waals surface area contributed by atoms with Gasteiger partial charge >= 0.3 is 11.7 Å². The number of nitro groups is 1. The molecule has 22 heavy (non-hydrogen) atoms. The van der Waals surface area contributed by atoms with Crippen molar-refractivity contribution < 1.29 is 14.5 Å². The molecule has 1 heterocycles. The molecule has 2 aromatic rings. The predicted octanol–water partition coefficient (Wildman–Crippen LogP) is 3.13. The lowest BCUT2D eigenvalue weighted by atomic mass is 10.0. The SMILES string of the molecule is O=C1OC(/C(=C/Nc2ccccc2)[N+](=O)[O-])c2ccccc21. The standard InChI is InChI=1S/C16H12N2O4/c19-16-13-9-5-4-8-12(13)15(22-16)14(18(20)21)10-17-11-6-2-1-3-7-11/h1-10,15,17H/b14-10-. The highest BCUT2D eigenvalue weighted by Crippen LogP contribution is 2.35. The number of carbonyl (C=O) groups excluding carboxylic acids is 1. The summed E-state index contributed by atoms with van der Waals surface area (Å²) in [7, 11) is 0. The smallest absolute Gasteiger partial charge is 0.339 e. The monoisotopic (exact) mass is 296 g/mol. The van der Waals surface area contributed by atoms with Gasteiger partial charge in [-0.1, -0.05) is 36.4 Å². The molecule has 0 saturated carbocycles. The van der Waals surface area contributed by atoms with E-state index in [0.29, 0.717) is 16.8 Å². The second-order valence-corrected chi connectivity index (χ2v) is 4.71. The molecule has 0 bridgehead atoms. The van der Waals surface area contributed by atoms with Crippen LogP contribution in [0.2, 0.25) is 0 Å². The number of nitrogens with zero attached hydrogens (tertiary/aromatic N) is 1. The van der Waals surface area contributed by atoms with Crippen LogP contribution in [0.15, 0.2) is 66.5 Å². The summed E-state index contributed by atoms with van der Waals surface area (Å²) in [6, 6.07) is 15.7. The summed E-state index contributed by atoms with van der Waals surface area (Å²) in [4.78, 5) is 22.6. The number of cyclic esters (lactones) is 1. The Morgan fingerprint density at radius 2 is 1.82 bits per heavy atom. The van der Waals surface area contributed by atoms with Crippen molar-refractivity contribution in [3.63, 3.8) is 0 Å². The van der Waals surface area contributed by atoms with Crippen molar-refractivity contribution in [3.8, 4) is 0 Å². The highest BCUT2D eigenvalue weighted by atomic mass is 16.6. The van der Waals surface area contributed by atoms with Gasteiger partial charge in [0.2, 0.25) is 6.10 Å². The Balaban J connectivity index is 1.93. The number of carbonyl (C=O) groups is 1. The zero-order valence-electron chi connectivity index (χ0n) is 11.4. The van der Waals surface area contributed by atoms with Crippen LogP contribution in [0, 0.1) is 10.1 Å². The first kappa shape index (κ1) is 13.8. The Morgan fingerprint density at radius 3 is 2.55 bits per heavy atom. The number of rotatable bonds is 4. The third-order valence-electron chi connectivity index (χ3n) is 3.33. The van der Waals surface area contributed by atoms with Gasteiger partial charge in [-0.2, -0.15) is 0 Å². The molecule has 1 aliphatic rings. The van der Waals surface area contributed by atoms with Crippen molar-refractivity contribution >= 4 is 11.7 Å². The van der Waals surface area contributed by atoms with Crippen LogP contribution >= 0.6 is 0 Å². The van der Waals surface area contributed by atoms with Gasteiger partial charge < -0.3 is 10.1 Å². The normalized spacial score (nSPS) is 16.8. The summed E-state index contributed by atoms with van der Waals surface area (Å²) in [5.41, 5.74) is 1.35. The number of benzene rings is 2. The highest BCUT2D eigenvalue weighted by molar-refractivity contribution is 5.94. The first-order valence-corrected chi connectivity index (χ1v) is 6.63. The second-order valence-electron chi connectivity index (χ2n) is 4.71. The molecule has 0 radical (unpaired) electrons. The van der Waals surface area contributed by atoms with E-state index in [1.165, 1.54) is 6.20 Å². The van der Waals surface area contributed by atoms with E-state index in [1.807, 2.05) is 18.2 Å². The van der Waals surface area contributed by atoms with Gasteiger partial charge in [0.25, 0.3) is 0 Å². The van der Waals surface area contributed by atoms with Crippen LogP contribution in [-0.2, 0) is 4.74 Å². The summed E-state index contributed by atoms with van der Waals surface area (Å²) in [6.07, 6.45) is 0.255. The topological polar surface area (TPSA) is 81.5 Å².